The number of rotatable bonds is 3. The summed E-state index contributed by atoms with van der Waals surface area (Å²) < 4.78 is 1.06. The summed E-state index contributed by atoms with van der Waals surface area (Å²) in [5, 5.41) is 8.33. The lowest BCUT2D eigenvalue weighted by molar-refractivity contribution is -0.123. The minimum Gasteiger partial charge on any atom is -0.350 e. The Bertz CT molecular complexity index is 626. The topological polar surface area (TPSA) is 41.1 Å². The van der Waals surface area contributed by atoms with E-state index in [1.165, 1.54) is 5.56 Å². The van der Waals surface area contributed by atoms with Crippen LogP contribution in [0.15, 0.2) is 40.2 Å². The molecule has 0 radical (unpaired) electrons. The van der Waals surface area contributed by atoms with Gasteiger partial charge in [0.25, 0.3) is 0 Å². The van der Waals surface area contributed by atoms with E-state index in [4.69, 9.17) is 0 Å². The first kappa shape index (κ1) is 13.8. The number of fused-ring (bicyclic) bond motifs is 1. The third-order valence-electron chi connectivity index (χ3n) is 3.43. The molecule has 1 aliphatic heterocycles. The van der Waals surface area contributed by atoms with Crippen molar-refractivity contribution in [2.45, 2.75) is 19.0 Å². The molecular formula is C15H15BrN2OS. The monoisotopic (exact) mass is 350 g/mol. The number of amides is 1. The number of carbonyl (C=O) groups is 1. The van der Waals surface area contributed by atoms with Gasteiger partial charge in [0.2, 0.25) is 5.91 Å². The Morgan fingerprint density at radius 1 is 1.45 bits per heavy atom. The van der Waals surface area contributed by atoms with Gasteiger partial charge in [0, 0.05) is 21.3 Å². The summed E-state index contributed by atoms with van der Waals surface area (Å²) >= 11 is 5.06. The maximum Gasteiger partial charge on any atom is 0.242 e. The first-order chi connectivity index (χ1) is 9.74. The summed E-state index contributed by atoms with van der Waals surface area (Å²) in [6.07, 6.45) is 0.984. The first-order valence-corrected chi connectivity index (χ1v) is 8.23. The van der Waals surface area contributed by atoms with Crippen LogP contribution in [0.2, 0.25) is 0 Å². The Balaban J connectivity index is 1.69. The van der Waals surface area contributed by atoms with E-state index in [0.717, 1.165) is 27.9 Å². The van der Waals surface area contributed by atoms with Gasteiger partial charge in [-0.2, -0.15) is 0 Å². The van der Waals surface area contributed by atoms with Crippen LogP contribution in [0.1, 0.15) is 22.0 Å². The van der Waals surface area contributed by atoms with E-state index in [9.17, 15) is 4.79 Å². The second-order valence-electron chi connectivity index (χ2n) is 4.78. The van der Waals surface area contributed by atoms with Gasteiger partial charge in [0.05, 0.1) is 6.54 Å². The molecule has 1 aromatic heterocycles. The van der Waals surface area contributed by atoms with Crippen molar-refractivity contribution in [1.29, 1.82) is 0 Å². The Hall–Kier alpha value is -1.17. The third kappa shape index (κ3) is 2.95. The molecule has 0 fully saturated rings. The Kier molecular flexibility index (Phi) is 4.19. The Labute approximate surface area is 130 Å². The van der Waals surface area contributed by atoms with Gasteiger partial charge in [-0.15, -0.1) is 11.3 Å². The summed E-state index contributed by atoms with van der Waals surface area (Å²) in [4.78, 5) is 13.5. The second-order valence-corrected chi connectivity index (χ2v) is 6.70. The zero-order chi connectivity index (χ0) is 13.9. The van der Waals surface area contributed by atoms with Gasteiger partial charge in [-0.05, 0) is 39.5 Å². The SMILES string of the molecule is O=C(NCc1cc(Br)cs1)C1NCCc2ccccc21. The third-order valence-corrected chi connectivity index (χ3v) is 5.13. The molecule has 0 saturated heterocycles. The number of thiophene rings is 1. The number of hydrogen-bond acceptors (Lipinski definition) is 3. The molecule has 3 nitrogen and oxygen atoms in total. The quantitative estimate of drug-likeness (QED) is 0.893. The zero-order valence-corrected chi connectivity index (χ0v) is 13.3. The number of benzene rings is 1. The summed E-state index contributed by atoms with van der Waals surface area (Å²) in [5.74, 6) is 0.0432. The minimum absolute atomic E-state index is 0.0432. The molecule has 1 amide bonds. The maximum atomic E-state index is 12.4. The van der Waals surface area contributed by atoms with Crippen molar-refractivity contribution in [3.8, 4) is 0 Å². The van der Waals surface area contributed by atoms with E-state index in [1.54, 1.807) is 11.3 Å². The predicted octanol–water partition coefficient (Wildman–Crippen LogP) is 3.01. The molecule has 1 aromatic carbocycles. The van der Waals surface area contributed by atoms with Crippen LogP contribution in [0.3, 0.4) is 0 Å². The van der Waals surface area contributed by atoms with Crippen LogP contribution in [0.25, 0.3) is 0 Å². The molecule has 3 rings (SSSR count). The summed E-state index contributed by atoms with van der Waals surface area (Å²) in [5.41, 5.74) is 2.37. The van der Waals surface area contributed by atoms with Crippen LogP contribution >= 0.6 is 27.3 Å². The summed E-state index contributed by atoms with van der Waals surface area (Å²) in [6.45, 7) is 1.43. The highest BCUT2D eigenvalue weighted by Gasteiger charge is 2.25. The van der Waals surface area contributed by atoms with Crippen molar-refractivity contribution in [2.24, 2.45) is 0 Å². The van der Waals surface area contributed by atoms with Gasteiger partial charge in [0.1, 0.15) is 6.04 Å². The van der Waals surface area contributed by atoms with Gasteiger partial charge in [-0.25, -0.2) is 0 Å². The largest absolute Gasteiger partial charge is 0.350 e. The predicted molar refractivity (Wildman–Crippen MR) is 84.8 cm³/mol. The van der Waals surface area contributed by atoms with E-state index in [2.05, 4.69) is 32.6 Å². The number of nitrogens with one attached hydrogen (secondary N) is 2. The van der Waals surface area contributed by atoms with Gasteiger partial charge in [0.15, 0.2) is 0 Å². The fourth-order valence-corrected chi connectivity index (χ4v) is 3.85. The lowest BCUT2D eigenvalue weighted by atomic mass is 9.94. The van der Waals surface area contributed by atoms with Crippen LogP contribution < -0.4 is 10.6 Å². The van der Waals surface area contributed by atoms with E-state index in [1.807, 2.05) is 29.6 Å². The van der Waals surface area contributed by atoms with Gasteiger partial charge >= 0.3 is 0 Å². The molecule has 0 bridgehead atoms. The van der Waals surface area contributed by atoms with Gasteiger partial charge < -0.3 is 10.6 Å². The summed E-state index contributed by atoms with van der Waals surface area (Å²) in [6, 6.07) is 9.96. The normalized spacial score (nSPS) is 17.6. The van der Waals surface area contributed by atoms with Gasteiger partial charge in [-0.3, -0.25) is 4.79 Å². The Morgan fingerprint density at radius 2 is 2.30 bits per heavy atom. The Morgan fingerprint density at radius 3 is 3.10 bits per heavy atom. The molecule has 1 aliphatic rings. The molecule has 2 heterocycles. The van der Waals surface area contributed by atoms with E-state index >= 15 is 0 Å². The number of halogens is 1. The lowest BCUT2D eigenvalue weighted by Gasteiger charge is -2.25. The highest BCUT2D eigenvalue weighted by Crippen LogP contribution is 2.23. The smallest absolute Gasteiger partial charge is 0.242 e. The lowest BCUT2D eigenvalue weighted by Crippen LogP contribution is -2.41. The van der Waals surface area contributed by atoms with E-state index < -0.39 is 0 Å². The van der Waals surface area contributed by atoms with Crippen LogP contribution in [0.5, 0.6) is 0 Å². The fourth-order valence-electron chi connectivity index (χ4n) is 2.46. The van der Waals surface area contributed by atoms with Crippen molar-refractivity contribution < 1.29 is 4.79 Å². The van der Waals surface area contributed by atoms with E-state index in [-0.39, 0.29) is 11.9 Å². The van der Waals surface area contributed by atoms with Crippen molar-refractivity contribution >= 4 is 33.2 Å². The molecule has 20 heavy (non-hydrogen) atoms. The zero-order valence-electron chi connectivity index (χ0n) is 10.9. The summed E-state index contributed by atoms with van der Waals surface area (Å²) in [7, 11) is 0. The standard InChI is InChI=1S/C15H15BrN2OS/c16-11-7-12(20-9-11)8-18-15(19)14-13-4-2-1-3-10(13)5-6-17-14/h1-4,7,9,14,17H,5-6,8H2,(H,18,19). The van der Waals surface area contributed by atoms with E-state index in [0.29, 0.717) is 6.54 Å². The van der Waals surface area contributed by atoms with Gasteiger partial charge in [-0.1, -0.05) is 24.3 Å². The van der Waals surface area contributed by atoms with Crippen LogP contribution in [-0.4, -0.2) is 12.5 Å². The highest BCUT2D eigenvalue weighted by atomic mass is 79.9. The molecule has 1 unspecified atom stereocenters. The maximum absolute atomic E-state index is 12.4. The van der Waals surface area contributed by atoms with Crippen LogP contribution in [-0.2, 0) is 17.8 Å². The molecule has 104 valence electrons. The number of carbonyl (C=O) groups excluding carboxylic acids is 1. The molecule has 5 heteroatoms. The molecular weight excluding hydrogens is 336 g/mol. The van der Waals surface area contributed by atoms with Crippen LogP contribution in [0.4, 0.5) is 0 Å². The average molecular weight is 351 g/mol. The highest BCUT2D eigenvalue weighted by molar-refractivity contribution is 9.10. The molecule has 0 spiro atoms. The molecule has 1 atom stereocenters. The first-order valence-electron chi connectivity index (χ1n) is 6.56. The van der Waals surface area contributed by atoms with Crippen molar-refractivity contribution in [3.63, 3.8) is 0 Å². The van der Waals surface area contributed by atoms with Crippen molar-refractivity contribution in [1.82, 2.24) is 10.6 Å². The molecule has 2 aromatic rings. The van der Waals surface area contributed by atoms with Crippen molar-refractivity contribution in [3.05, 3.63) is 56.2 Å². The van der Waals surface area contributed by atoms with Crippen LogP contribution in [0, 0.1) is 0 Å². The molecule has 0 saturated carbocycles. The molecule has 2 N–H and O–H groups in total. The van der Waals surface area contributed by atoms with Crippen molar-refractivity contribution in [2.75, 3.05) is 6.54 Å². The average Bonchev–Trinajstić information content (AvgIpc) is 2.90. The molecule has 0 aliphatic carbocycles. The fraction of sp³-hybridized carbons (Fsp3) is 0.267. The minimum atomic E-state index is -0.233. The number of hydrogen-bond donors (Lipinski definition) is 2. The second kappa shape index (κ2) is 6.08.